The van der Waals surface area contributed by atoms with Crippen LogP contribution in [-0.2, 0) is 10.8 Å². The minimum Gasteiger partial charge on any atom is -0.245 e. The maximum Gasteiger partial charge on any atom is 0.0972 e. The Morgan fingerprint density at radius 1 is 0.390 bits per heavy atom. The summed E-state index contributed by atoms with van der Waals surface area (Å²) < 4.78 is 0.368. The number of halogens is 1. The summed E-state index contributed by atoms with van der Waals surface area (Å²) in [6.07, 6.45) is 1.00. The zero-order valence-corrected chi connectivity index (χ0v) is 36.0. The Morgan fingerprint density at radius 2 is 0.661 bits per heavy atom. The van der Waals surface area contributed by atoms with Gasteiger partial charge in [0.2, 0.25) is 0 Å². The molecule has 286 valence electrons. The first kappa shape index (κ1) is 37.4. The molecule has 0 spiro atoms. The van der Waals surface area contributed by atoms with E-state index in [1.165, 1.54) is 55.6 Å². The van der Waals surface area contributed by atoms with Gasteiger partial charge in [0.15, 0.2) is 0 Å². The fourth-order valence-electron chi connectivity index (χ4n) is 9.04. The number of nitrogens with zero attached hydrogens (tertiary/aromatic N) is 2. The lowest BCUT2D eigenvalue weighted by atomic mass is 9.73. The normalized spacial score (nSPS) is 17.7. The van der Waals surface area contributed by atoms with Crippen LogP contribution in [0.1, 0.15) is 56.4 Å². The summed E-state index contributed by atoms with van der Waals surface area (Å²) in [4.78, 5) is 10.5. The van der Waals surface area contributed by atoms with Crippen LogP contribution in [0.2, 0.25) is 0 Å². The lowest BCUT2D eigenvalue weighted by Gasteiger charge is -2.34. The summed E-state index contributed by atoms with van der Waals surface area (Å²) in [5.41, 5.74) is 18.2. The third-order valence-electron chi connectivity index (χ3n) is 13.4. The van der Waals surface area contributed by atoms with Crippen molar-refractivity contribution >= 4 is 44.4 Å². The van der Waals surface area contributed by atoms with Crippen molar-refractivity contribution in [2.24, 2.45) is 0 Å². The van der Waals surface area contributed by atoms with Gasteiger partial charge in [-0.2, -0.15) is 0 Å². The van der Waals surface area contributed by atoms with Gasteiger partial charge in [0.05, 0.1) is 22.4 Å². The maximum absolute atomic E-state index is 5.24. The lowest BCUT2D eigenvalue weighted by molar-refractivity contribution is 0.550. The van der Waals surface area contributed by atoms with E-state index in [0.717, 1.165) is 50.7 Å². The highest BCUT2D eigenvalue weighted by Gasteiger charge is 2.34. The molecule has 0 saturated carbocycles. The van der Waals surface area contributed by atoms with Crippen LogP contribution >= 0.6 is 22.6 Å². The van der Waals surface area contributed by atoms with Crippen molar-refractivity contribution in [1.29, 1.82) is 0 Å². The van der Waals surface area contributed by atoms with E-state index in [0.29, 0.717) is 3.92 Å². The van der Waals surface area contributed by atoms with Gasteiger partial charge in [-0.1, -0.05) is 220 Å². The highest BCUT2D eigenvalue weighted by Crippen LogP contribution is 2.42. The predicted octanol–water partition coefficient (Wildman–Crippen LogP) is 15.3. The second kappa shape index (κ2) is 14.7. The number of rotatable bonds is 2. The van der Waals surface area contributed by atoms with Crippen LogP contribution in [0.15, 0.2) is 182 Å². The predicted molar refractivity (Wildman–Crippen MR) is 257 cm³/mol. The van der Waals surface area contributed by atoms with Crippen molar-refractivity contribution in [2.45, 2.75) is 48.9 Å². The van der Waals surface area contributed by atoms with Gasteiger partial charge in [-0.25, -0.2) is 9.97 Å². The van der Waals surface area contributed by atoms with E-state index in [9.17, 15) is 0 Å². The van der Waals surface area contributed by atoms with Gasteiger partial charge in [0, 0.05) is 36.7 Å². The van der Waals surface area contributed by atoms with Crippen molar-refractivity contribution < 1.29 is 0 Å². The van der Waals surface area contributed by atoms with Gasteiger partial charge in [0.25, 0.3) is 0 Å². The average molecular weight is 873 g/mol. The zero-order valence-electron chi connectivity index (χ0n) is 33.9. The molecule has 16 bridgehead atoms. The summed E-state index contributed by atoms with van der Waals surface area (Å²) in [7, 11) is 0. The quantitative estimate of drug-likeness (QED) is 0.0982. The van der Waals surface area contributed by atoms with Crippen LogP contribution in [0, 0.1) is 0 Å². The molecule has 12 heterocycles. The zero-order chi connectivity index (χ0) is 40.3. The van der Waals surface area contributed by atoms with Crippen molar-refractivity contribution in [3.63, 3.8) is 0 Å². The Balaban J connectivity index is 1.09. The van der Waals surface area contributed by atoms with E-state index in [-0.39, 0.29) is 10.8 Å². The highest BCUT2D eigenvalue weighted by molar-refractivity contribution is 14.1. The van der Waals surface area contributed by atoms with Crippen molar-refractivity contribution in [3.8, 4) is 55.9 Å². The fourth-order valence-corrected chi connectivity index (χ4v) is 9.76. The average Bonchev–Trinajstić information content (AvgIpc) is 3.30. The molecule has 3 unspecified atom stereocenters. The Kier molecular flexibility index (Phi) is 9.33. The summed E-state index contributed by atoms with van der Waals surface area (Å²) in [6.45, 7) is 9.37. The van der Waals surface area contributed by atoms with Crippen LogP contribution in [-0.4, -0.2) is 13.9 Å². The molecule has 0 N–H and O–H groups in total. The van der Waals surface area contributed by atoms with Gasteiger partial charge in [-0.3, -0.25) is 0 Å². The second-order valence-corrected chi connectivity index (χ2v) is 18.4. The molecule has 10 aliphatic rings. The Labute approximate surface area is 361 Å². The Bertz CT molecular complexity index is 2970. The van der Waals surface area contributed by atoms with Crippen LogP contribution in [0.4, 0.5) is 0 Å². The molecule has 9 aromatic rings. The van der Waals surface area contributed by atoms with Crippen molar-refractivity contribution in [1.82, 2.24) is 9.97 Å². The SMILES string of the molecule is CCC1(C)c2ccc(cc2)-c2ccc(cc2)-c2ccc3ccc4ccc(nc4c3n2)-c2ccc(cc2)-c2ccc(cc2)C(C)(C(C)I)c2ccc(cc2)-c2ccc1cc2. The molecule has 0 fully saturated rings. The molecular weight excluding hydrogens is 828 g/mol. The van der Waals surface area contributed by atoms with Crippen LogP contribution in [0.25, 0.3) is 77.7 Å². The topological polar surface area (TPSA) is 25.8 Å². The number of alkyl halides is 1. The van der Waals surface area contributed by atoms with Gasteiger partial charge >= 0.3 is 0 Å². The van der Waals surface area contributed by atoms with Crippen LogP contribution < -0.4 is 0 Å². The van der Waals surface area contributed by atoms with Gasteiger partial charge in [-0.15, -0.1) is 0 Å². The third-order valence-corrected chi connectivity index (χ3v) is 14.6. The first-order valence-electron chi connectivity index (χ1n) is 20.7. The standard InChI is InChI=1S/C56H45IN2/c1-5-55(3)47-26-16-39(17-27-47)37-6-10-43(11-7-37)51-34-24-45-14-15-46-25-35-52(59-54(46)53(45)58-51)44-12-8-38(9-13-44)41-20-30-49(31-21-41)56(4,36(2)57)50-32-22-42(23-33-50)40-18-28-48(55)29-19-40/h6-36H,5H2,1-4H3. The highest BCUT2D eigenvalue weighted by atomic mass is 127. The first-order valence-corrected chi connectivity index (χ1v) is 21.9. The monoisotopic (exact) mass is 872 g/mol. The van der Waals surface area contributed by atoms with E-state index in [2.05, 4.69) is 232 Å². The molecule has 2 nitrogen and oxygen atoms in total. The molecule has 3 heteroatoms. The minimum absolute atomic E-state index is 0.109. The maximum atomic E-state index is 5.24. The van der Waals surface area contributed by atoms with Crippen LogP contribution in [0.3, 0.4) is 0 Å². The third kappa shape index (κ3) is 6.47. The molecule has 7 aromatic carbocycles. The molecule has 0 aliphatic carbocycles. The number of hydrogen-bond donors (Lipinski definition) is 0. The van der Waals surface area contributed by atoms with Crippen LogP contribution in [0.5, 0.6) is 0 Å². The summed E-state index contributed by atoms with van der Waals surface area (Å²) in [5.74, 6) is 0. The van der Waals surface area contributed by atoms with Gasteiger partial charge in [-0.05, 0) is 74.2 Å². The molecule has 2 aromatic heterocycles. The van der Waals surface area contributed by atoms with E-state index >= 15 is 0 Å². The van der Waals surface area contributed by atoms with Gasteiger partial charge in [0.1, 0.15) is 0 Å². The summed E-state index contributed by atoms with van der Waals surface area (Å²) >= 11 is 2.60. The second-order valence-electron chi connectivity index (χ2n) is 16.6. The summed E-state index contributed by atoms with van der Waals surface area (Å²) in [6, 6.07) is 67.3. The number of hydrogen-bond acceptors (Lipinski definition) is 2. The van der Waals surface area contributed by atoms with E-state index in [4.69, 9.17) is 9.97 Å². The number of benzene rings is 7. The Morgan fingerprint density at radius 3 is 0.966 bits per heavy atom. The fraction of sp³-hybridized carbons (Fsp3) is 0.143. The Hall–Kier alpha value is -5.91. The van der Waals surface area contributed by atoms with E-state index < -0.39 is 0 Å². The largest absolute Gasteiger partial charge is 0.245 e. The van der Waals surface area contributed by atoms with Gasteiger partial charge < -0.3 is 0 Å². The number of pyridine rings is 2. The lowest BCUT2D eigenvalue weighted by Crippen LogP contribution is -2.32. The van der Waals surface area contributed by atoms with Crippen molar-refractivity contribution in [2.75, 3.05) is 0 Å². The molecule has 59 heavy (non-hydrogen) atoms. The number of aromatic nitrogens is 2. The molecule has 19 rings (SSSR count). The van der Waals surface area contributed by atoms with E-state index in [1.54, 1.807) is 0 Å². The molecule has 0 saturated heterocycles. The summed E-state index contributed by atoms with van der Waals surface area (Å²) in [5, 5.41) is 2.16. The first-order chi connectivity index (χ1) is 28.7. The smallest absolute Gasteiger partial charge is 0.0972 e. The molecular formula is C56H45IN2. The number of fused-ring (bicyclic) bond motifs is 2. The van der Waals surface area contributed by atoms with Crippen molar-refractivity contribution in [3.05, 3.63) is 204 Å². The molecule has 10 aliphatic heterocycles. The molecule has 0 radical (unpaired) electrons. The van der Waals surface area contributed by atoms with E-state index in [1.807, 2.05) is 0 Å². The molecule has 3 atom stereocenters. The minimum atomic E-state index is -0.159. The molecule has 0 amide bonds.